The molecule has 0 aliphatic heterocycles. The number of carbonyl (C=O) groups is 1. The van der Waals surface area contributed by atoms with Crippen LogP contribution in [0.15, 0.2) is 30.3 Å². The predicted octanol–water partition coefficient (Wildman–Crippen LogP) is 3.28. The minimum Gasteiger partial charge on any atom is -0.494 e. The zero-order chi connectivity index (χ0) is 13.8. The minimum atomic E-state index is -0.106. The fourth-order valence-electron chi connectivity index (χ4n) is 1.96. The van der Waals surface area contributed by atoms with Gasteiger partial charge in [-0.05, 0) is 51.1 Å². The number of H-pyrrole nitrogens is 1. The van der Waals surface area contributed by atoms with Crippen LogP contribution in [0.3, 0.4) is 0 Å². The van der Waals surface area contributed by atoms with Gasteiger partial charge in [-0.2, -0.15) is 0 Å². The van der Waals surface area contributed by atoms with E-state index in [1.807, 2.05) is 51.1 Å². The Hall–Kier alpha value is -2.23. The molecule has 0 aliphatic rings. The van der Waals surface area contributed by atoms with Gasteiger partial charge in [0.2, 0.25) is 0 Å². The second-order valence-corrected chi connectivity index (χ2v) is 4.40. The summed E-state index contributed by atoms with van der Waals surface area (Å²) >= 11 is 0. The van der Waals surface area contributed by atoms with Gasteiger partial charge in [0.05, 0.1) is 12.2 Å². The van der Waals surface area contributed by atoms with Gasteiger partial charge in [0.15, 0.2) is 0 Å². The molecule has 2 rings (SSSR count). The minimum absolute atomic E-state index is 0.106. The van der Waals surface area contributed by atoms with Crippen LogP contribution in [0, 0.1) is 13.8 Å². The number of anilines is 1. The van der Waals surface area contributed by atoms with Crippen molar-refractivity contribution in [2.45, 2.75) is 20.8 Å². The molecular weight excluding hydrogens is 240 g/mol. The van der Waals surface area contributed by atoms with E-state index in [-0.39, 0.29) is 5.91 Å². The zero-order valence-corrected chi connectivity index (χ0v) is 11.4. The number of carbonyl (C=O) groups excluding carboxylic acids is 1. The van der Waals surface area contributed by atoms with Crippen LogP contribution in [-0.2, 0) is 0 Å². The number of aromatic nitrogens is 1. The SMILES string of the molecule is CCOc1ccc(NC(=O)c2cc(C)[nH]c2C)cc1. The molecule has 0 unspecified atom stereocenters. The van der Waals surface area contributed by atoms with E-state index in [9.17, 15) is 4.79 Å². The van der Waals surface area contributed by atoms with Crippen molar-refractivity contribution < 1.29 is 9.53 Å². The van der Waals surface area contributed by atoms with Crippen LogP contribution < -0.4 is 10.1 Å². The zero-order valence-electron chi connectivity index (χ0n) is 11.4. The van der Waals surface area contributed by atoms with Gasteiger partial charge in [-0.3, -0.25) is 4.79 Å². The van der Waals surface area contributed by atoms with E-state index in [0.717, 1.165) is 22.8 Å². The third-order valence-electron chi connectivity index (χ3n) is 2.82. The number of hydrogen-bond acceptors (Lipinski definition) is 2. The molecule has 19 heavy (non-hydrogen) atoms. The van der Waals surface area contributed by atoms with Gasteiger partial charge in [0.25, 0.3) is 5.91 Å². The normalized spacial score (nSPS) is 10.3. The number of rotatable bonds is 4. The Balaban J connectivity index is 2.08. The van der Waals surface area contributed by atoms with Gasteiger partial charge in [0, 0.05) is 17.1 Å². The van der Waals surface area contributed by atoms with Crippen molar-refractivity contribution in [3.05, 3.63) is 47.3 Å². The fraction of sp³-hybridized carbons (Fsp3) is 0.267. The van der Waals surface area contributed by atoms with E-state index in [0.29, 0.717) is 12.2 Å². The van der Waals surface area contributed by atoms with E-state index in [1.54, 1.807) is 0 Å². The molecule has 1 aromatic heterocycles. The van der Waals surface area contributed by atoms with Crippen LogP contribution in [0.5, 0.6) is 5.75 Å². The van der Waals surface area contributed by atoms with Gasteiger partial charge in [-0.1, -0.05) is 0 Å². The van der Waals surface area contributed by atoms with Crippen molar-refractivity contribution in [1.29, 1.82) is 0 Å². The van der Waals surface area contributed by atoms with Gasteiger partial charge in [-0.25, -0.2) is 0 Å². The number of nitrogens with one attached hydrogen (secondary N) is 2. The Morgan fingerprint density at radius 3 is 2.47 bits per heavy atom. The highest BCUT2D eigenvalue weighted by atomic mass is 16.5. The first-order valence-corrected chi connectivity index (χ1v) is 6.30. The summed E-state index contributed by atoms with van der Waals surface area (Å²) in [6, 6.07) is 9.19. The number of aromatic amines is 1. The summed E-state index contributed by atoms with van der Waals surface area (Å²) in [6.07, 6.45) is 0. The number of hydrogen-bond donors (Lipinski definition) is 2. The molecule has 0 spiro atoms. The topological polar surface area (TPSA) is 54.1 Å². The standard InChI is InChI=1S/C15H18N2O2/c1-4-19-13-7-5-12(6-8-13)17-15(18)14-9-10(2)16-11(14)3/h5-9,16H,4H2,1-3H3,(H,17,18). The van der Waals surface area contributed by atoms with E-state index in [1.165, 1.54) is 0 Å². The average Bonchev–Trinajstić information content (AvgIpc) is 2.71. The molecule has 1 aromatic carbocycles. The molecule has 2 aromatic rings. The molecule has 100 valence electrons. The van der Waals surface area contributed by atoms with Crippen LogP contribution >= 0.6 is 0 Å². The molecule has 1 heterocycles. The van der Waals surface area contributed by atoms with Gasteiger partial charge < -0.3 is 15.0 Å². The summed E-state index contributed by atoms with van der Waals surface area (Å²) in [4.78, 5) is 15.2. The monoisotopic (exact) mass is 258 g/mol. The summed E-state index contributed by atoms with van der Waals surface area (Å²) in [5.74, 6) is 0.695. The summed E-state index contributed by atoms with van der Waals surface area (Å²) in [6.45, 7) is 6.39. The van der Waals surface area contributed by atoms with E-state index >= 15 is 0 Å². The van der Waals surface area contributed by atoms with E-state index < -0.39 is 0 Å². The summed E-state index contributed by atoms with van der Waals surface area (Å²) in [5, 5.41) is 2.87. The first kappa shape index (κ1) is 13.2. The molecule has 0 saturated heterocycles. The maximum Gasteiger partial charge on any atom is 0.257 e. The van der Waals surface area contributed by atoms with Crippen molar-refractivity contribution in [3.8, 4) is 5.75 Å². The van der Waals surface area contributed by atoms with Crippen molar-refractivity contribution in [2.75, 3.05) is 11.9 Å². The number of aryl methyl sites for hydroxylation is 2. The van der Waals surface area contributed by atoms with Gasteiger partial charge in [-0.15, -0.1) is 0 Å². The second kappa shape index (κ2) is 5.61. The van der Waals surface area contributed by atoms with Crippen molar-refractivity contribution in [3.63, 3.8) is 0 Å². The first-order valence-electron chi connectivity index (χ1n) is 6.30. The summed E-state index contributed by atoms with van der Waals surface area (Å²) in [7, 11) is 0. The molecule has 4 nitrogen and oxygen atoms in total. The maximum atomic E-state index is 12.1. The molecule has 0 bridgehead atoms. The third-order valence-corrected chi connectivity index (χ3v) is 2.82. The Kier molecular flexibility index (Phi) is 3.90. The summed E-state index contributed by atoms with van der Waals surface area (Å²) in [5.41, 5.74) is 3.29. The van der Waals surface area contributed by atoms with Crippen LogP contribution in [0.4, 0.5) is 5.69 Å². The Morgan fingerprint density at radius 2 is 1.95 bits per heavy atom. The Morgan fingerprint density at radius 1 is 1.26 bits per heavy atom. The van der Waals surface area contributed by atoms with Crippen LogP contribution in [0.25, 0.3) is 0 Å². The van der Waals surface area contributed by atoms with Gasteiger partial charge in [0.1, 0.15) is 5.75 Å². The molecule has 0 atom stereocenters. The van der Waals surface area contributed by atoms with Crippen LogP contribution in [0.2, 0.25) is 0 Å². The predicted molar refractivity (Wildman–Crippen MR) is 75.8 cm³/mol. The van der Waals surface area contributed by atoms with Gasteiger partial charge >= 0.3 is 0 Å². The Labute approximate surface area is 112 Å². The third kappa shape index (κ3) is 3.16. The van der Waals surface area contributed by atoms with Crippen LogP contribution in [0.1, 0.15) is 28.7 Å². The molecule has 0 aliphatic carbocycles. The molecular formula is C15H18N2O2. The molecule has 0 radical (unpaired) electrons. The highest BCUT2D eigenvalue weighted by Gasteiger charge is 2.11. The number of ether oxygens (including phenoxy) is 1. The highest BCUT2D eigenvalue weighted by molar-refractivity contribution is 6.05. The average molecular weight is 258 g/mol. The lowest BCUT2D eigenvalue weighted by Gasteiger charge is -2.06. The second-order valence-electron chi connectivity index (χ2n) is 4.40. The molecule has 0 fully saturated rings. The fourth-order valence-corrected chi connectivity index (χ4v) is 1.96. The number of amides is 1. The summed E-state index contributed by atoms with van der Waals surface area (Å²) < 4.78 is 5.36. The van der Waals surface area contributed by atoms with Crippen molar-refractivity contribution in [1.82, 2.24) is 4.98 Å². The molecule has 4 heteroatoms. The first-order chi connectivity index (χ1) is 9.10. The molecule has 0 saturated carbocycles. The quantitative estimate of drug-likeness (QED) is 0.884. The lowest BCUT2D eigenvalue weighted by molar-refractivity contribution is 0.102. The van der Waals surface area contributed by atoms with E-state index in [2.05, 4.69) is 10.3 Å². The number of benzene rings is 1. The molecule has 1 amide bonds. The lowest BCUT2D eigenvalue weighted by Crippen LogP contribution is -2.12. The smallest absolute Gasteiger partial charge is 0.257 e. The Bertz CT molecular complexity index is 570. The van der Waals surface area contributed by atoms with Crippen molar-refractivity contribution in [2.24, 2.45) is 0 Å². The highest BCUT2D eigenvalue weighted by Crippen LogP contribution is 2.17. The van der Waals surface area contributed by atoms with Crippen molar-refractivity contribution >= 4 is 11.6 Å². The van der Waals surface area contributed by atoms with Crippen LogP contribution in [-0.4, -0.2) is 17.5 Å². The molecule has 2 N–H and O–H groups in total. The largest absolute Gasteiger partial charge is 0.494 e. The lowest BCUT2D eigenvalue weighted by atomic mass is 10.2. The van der Waals surface area contributed by atoms with E-state index in [4.69, 9.17) is 4.74 Å². The maximum absolute atomic E-state index is 12.1.